The Balaban J connectivity index is 1.62. The number of carbonyl (C=O) groups is 2. The van der Waals surface area contributed by atoms with Crippen molar-refractivity contribution in [3.8, 4) is 0 Å². The first kappa shape index (κ1) is 20.5. The van der Waals surface area contributed by atoms with Gasteiger partial charge in [0.05, 0.1) is 4.90 Å². The highest BCUT2D eigenvalue weighted by atomic mass is 32.2. The van der Waals surface area contributed by atoms with Crippen LogP contribution in [0.3, 0.4) is 0 Å². The van der Waals surface area contributed by atoms with Gasteiger partial charge >= 0.3 is 5.97 Å². The smallest absolute Gasteiger partial charge is 0.331 e. The van der Waals surface area contributed by atoms with Crippen LogP contribution in [0.1, 0.15) is 23.6 Å². The minimum Gasteiger partial charge on any atom is -0.454 e. The van der Waals surface area contributed by atoms with Crippen LogP contribution in [0.5, 0.6) is 0 Å². The summed E-state index contributed by atoms with van der Waals surface area (Å²) in [4.78, 5) is 28.5. The second kappa shape index (κ2) is 8.04. The topological polar surface area (TPSA) is 114 Å². The molecule has 3 rings (SSSR count). The first-order chi connectivity index (χ1) is 13.7. The van der Waals surface area contributed by atoms with E-state index in [9.17, 15) is 18.0 Å². The average Bonchev–Trinajstić information content (AvgIpc) is 2.93. The molecule has 1 heterocycles. The van der Waals surface area contributed by atoms with Crippen molar-refractivity contribution in [1.29, 1.82) is 0 Å². The highest BCUT2D eigenvalue weighted by Crippen LogP contribution is 2.22. The van der Waals surface area contributed by atoms with Crippen molar-refractivity contribution in [2.24, 2.45) is 4.99 Å². The third-order valence-corrected chi connectivity index (χ3v) is 5.74. The van der Waals surface area contributed by atoms with Crippen molar-refractivity contribution in [3.63, 3.8) is 0 Å². The molecule has 2 aromatic carbocycles. The van der Waals surface area contributed by atoms with Crippen LogP contribution in [0.15, 0.2) is 52.4 Å². The van der Waals surface area contributed by atoms with E-state index in [0.29, 0.717) is 11.3 Å². The molecule has 8 nitrogen and oxygen atoms in total. The van der Waals surface area contributed by atoms with Crippen LogP contribution >= 0.6 is 0 Å². The number of rotatable bonds is 5. The first-order valence-electron chi connectivity index (χ1n) is 8.91. The summed E-state index contributed by atoms with van der Waals surface area (Å²) in [6.07, 6.45) is 0. The summed E-state index contributed by atoms with van der Waals surface area (Å²) in [6.45, 7) is 4.77. The monoisotopic (exact) mass is 415 g/mol. The molecule has 9 heteroatoms. The number of fused-ring (bicyclic) bond motifs is 1. The fourth-order valence-electron chi connectivity index (χ4n) is 2.79. The molecule has 1 atom stereocenters. The van der Waals surface area contributed by atoms with Gasteiger partial charge in [0.2, 0.25) is 0 Å². The summed E-state index contributed by atoms with van der Waals surface area (Å²) in [5.41, 5.74) is 2.92. The lowest BCUT2D eigenvalue weighted by Gasteiger charge is -2.11. The van der Waals surface area contributed by atoms with Crippen molar-refractivity contribution in [2.45, 2.75) is 31.7 Å². The van der Waals surface area contributed by atoms with Gasteiger partial charge in [-0.05, 0) is 50.1 Å². The first-order valence-corrected chi connectivity index (χ1v) is 10.4. The van der Waals surface area contributed by atoms with E-state index in [2.05, 4.69) is 15.0 Å². The standard InChI is InChI=1S/C20H21N3O5S/c1-12-8-9-13(2)16(10-12)22-18(24)11-28-20(25)14(3)21-19-15-6-4-5-7-17(15)29(26,27)23-19/h4-10,14H,11H2,1-3H3,(H,21,23)(H,22,24)/t14-/m0/s1. The number of anilines is 1. The second-order valence-corrected chi connectivity index (χ2v) is 8.38. The average molecular weight is 415 g/mol. The number of sulfonamides is 1. The molecule has 0 aliphatic carbocycles. The zero-order chi connectivity index (χ0) is 21.2. The van der Waals surface area contributed by atoms with Crippen molar-refractivity contribution < 1.29 is 22.7 Å². The molecular formula is C20H21N3O5S. The molecule has 0 bridgehead atoms. The summed E-state index contributed by atoms with van der Waals surface area (Å²) in [5, 5.41) is 2.70. The molecule has 29 heavy (non-hydrogen) atoms. The Bertz CT molecular complexity index is 1110. The van der Waals surface area contributed by atoms with E-state index in [1.54, 1.807) is 18.2 Å². The van der Waals surface area contributed by atoms with E-state index in [4.69, 9.17) is 4.74 Å². The van der Waals surface area contributed by atoms with Gasteiger partial charge in [-0.2, -0.15) is 0 Å². The summed E-state index contributed by atoms with van der Waals surface area (Å²) in [7, 11) is -3.69. The number of hydrogen-bond acceptors (Lipinski definition) is 6. The van der Waals surface area contributed by atoms with Crippen LogP contribution < -0.4 is 10.0 Å². The maximum atomic E-state index is 12.2. The zero-order valence-electron chi connectivity index (χ0n) is 16.2. The number of aryl methyl sites for hydroxylation is 2. The highest BCUT2D eigenvalue weighted by molar-refractivity contribution is 7.90. The largest absolute Gasteiger partial charge is 0.454 e. The molecule has 1 aliphatic heterocycles. The minimum absolute atomic E-state index is 0.0740. The molecule has 1 aliphatic rings. The van der Waals surface area contributed by atoms with Gasteiger partial charge < -0.3 is 10.1 Å². The van der Waals surface area contributed by atoms with Crippen LogP contribution in [0.2, 0.25) is 0 Å². The predicted molar refractivity (Wildman–Crippen MR) is 108 cm³/mol. The Labute approximate surface area is 169 Å². The van der Waals surface area contributed by atoms with Gasteiger partial charge in [-0.15, -0.1) is 0 Å². The van der Waals surface area contributed by atoms with Crippen LogP contribution in [0.4, 0.5) is 5.69 Å². The van der Waals surface area contributed by atoms with E-state index in [1.807, 2.05) is 32.0 Å². The maximum absolute atomic E-state index is 12.2. The van der Waals surface area contributed by atoms with E-state index < -0.39 is 34.5 Å². The molecule has 0 spiro atoms. The Morgan fingerprint density at radius 3 is 2.66 bits per heavy atom. The number of hydrogen-bond donors (Lipinski definition) is 2. The van der Waals surface area contributed by atoms with Crippen LogP contribution in [0, 0.1) is 13.8 Å². The predicted octanol–water partition coefficient (Wildman–Crippen LogP) is 1.91. The number of esters is 1. The number of benzene rings is 2. The van der Waals surface area contributed by atoms with Crippen LogP contribution in [-0.2, 0) is 24.3 Å². The van der Waals surface area contributed by atoms with Gasteiger partial charge in [0.25, 0.3) is 15.9 Å². The lowest BCUT2D eigenvalue weighted by molar-refractivity contribution is -0.148. The molecule has 2 aromatic rings. The van der Waals surface area contributed by atoms with Gasteiger partial charge in [-0.3, -0.25) is 14.5 Å². The molecule has 0 fully saturated rings. The van der Waals surface area contributed by atoms with Gasteiger partial charge in [0, 0.05) is 11.3 Å². The number of nitrogens with zero attached hydrogens (tertiary/aromatic N) is 1. The summed E-state index contributed by atoms with van der Waals surface area (Å²) < 4.78 is 31.5. The quantitative estimate of drug-likeness (QED) is 0.724. The Morgan fingerprint density at radius 2 is 1.90 bits per heavy atom. The highest BCUT2D eigenvalue weighted by Gasteiger charge is 2.31. The van der Waals surface area contributed by atoms with E-state index in [1.165, 1.54) is 13.0 Å². The van der Waals surface area contributed by atoms with E-state index in [-0.39, 0.29) is 10.7 Å². The third kappa shape index (κ3) is 4.62. The van der Waals surface area contributed by atoms with Gasteiger partial charge in [0.1, 0.15) is 11.9 Å². The fourth-order valence-corrected chi connectivity index (χ4v) is 4.03. The molecule has 2 N–H and O–H groups in total. The van der Waals surface area contributed by atoms with Gasteiger partial charge in [-0.25, -0.2) is 13.2 Å². The van der Waals surface area contributed by atoms with Crippen molar-refractivity contribution in [2.75, 3.05) is 11.9 Å². The molecular weight excluding hydrogens is 394 g/mol. The van der Waals surface area contributed by atoms with Crippen molar-refractivity contribution in [1.82, 2.24) is 4.72 Å². The van der Waals surface area contributed by atoms with Crippen LogP contribution in [-0.4, -0.2) is 38.8 Å². The molecule has 1 amide bonds. The lowest BCUT2D eigenvalue weighted by Crippen LogP contribution is -2.29. The Hall–Kier alpha value is -3.20. The van der Waals surface area contributed by atoms with Crippen molar-refractivity contribution >= 4 is 33.4 Å². The molecule has 152 valence electrons. The third-order valence-electron chi connectivity index (χ3n) is 4.34. The fraction of sp³-hybridized carbons (Fsp3) is 0.250. The summed E-state index contributed by atoms with van der Waals surface area (Å²) in [5.74, 6) is -1.14. The minimum atomic E-state index is -3.69. The normalized spacial score (nSPS) is 16.6. The SMILES string of the molecule is Cc1ccc(C)c(NC(=O)COC(=O)[C@H](C)N=C2NS(=O)(=O)c3ccccc32)c1. The van der Waals surface area contributed by atoms with E-state index in [0.717, 1.165) is 11.1 Å². The van der Waals surface area contributed by atoms with Crippen molar-refractivity contribution in [3.05, 3.63) is 59.2 Å². The van der Waals surface area contributed by atoms with Crippen LogP contribution in [0.25, 0.3) is 0 Å². The zero-order valence-corrected chi connectivity index (χ0v) is 17.0. The number of ether oxygens (including phenoxy) is 1. The summed E-state index contributed by atoms with van der Waals surface area (Å²) >= 11 is 0. The molecule has 0 aromatic heterocycles. The number of nitrogens with one attached hydrogen (secondary N) is 2. The number of aliphatic imine (C=N–C) groups is 1. The maximum Gasteiger partial charge on any atom is 0.331 e. The van der Waals surface area contributed by atoms with Gasteiger partial charge in [0.15, 0.2) is 6.61 Å². The molecule has 0 saturated carbocycles. The second-order valence-electron chi connectivity index (χ2n) is 6.73. The molecule has 0 saturated heterocycles. The Morgan fingerprint density at radius 1 is 1.17 bits per heavy atom. The van der Waals surface area contributed by atoms with E-state index >= 15 is 0 Å². The van der Waals surface area contributed by atoms with Gasteiger partial charge in [-0.1, -0.05) is 24.3 Å². The summed E-state index contributed by atoms with van der Waals surface area (Å²) in [6, 6.07) is 11.0. The molecule has 0 radical (unpaired) electrons. The number of amidine groups is 1. The number of amides is 1. The molecule has 0 unspecified atom stereocenters. The Kier molecular flexibility index (Phi) is 5.69. The lowest BCUT2D eigenvalue weighted by atomic mass is 10.1. The number of carbonyl (C=O) groups excluding carboxylic acids is 2.